The molecule has 4 aromatic rings. The van der Waals surface area contributed by atoms with Crippen molar-refractivity contribution in [2.45, 2.75) is 38.2 Å². The minimum absolute atomic E-state index is 0.0218. The Hall–Kier alpha value is -3.02. The second-order valence-electron chi connectivity index (χ2n) is 8.00. The molecule has 0 fully saturated rings. The van der Waals surface area contributed by atoms with Crippen LogP contribution in [0.4, 0.5) is 8.78 Å². The molecule has 3 N–H and O–H groups in total. The van der Waals surface area contributed by atoms with Gasteiger partial charge in [0.05, 0.1) is 5.56 Å². The molecule has 1 aromatic carbocycles. The Kier molecular flexibility index (Phi) is 5.31. The number of fused-ring (bicyclic) bond motifs is 1. The zero-order chi connectivity index (χ0) is 22.3. The van der Waals surface area contributed by atoms with Gasteiger partial charge in [0.2, 0.25) is 6.33 Å². The zero-order valence-electron chi connectivity index (χ0n) is 17.4. The fraction of sp³-hybridized carbons (Fsp3) is 0.333. The third-order valence-electron chi connectivity index (χ3n) is 6.10. The van der Waals surface area contributed by atoms with E-state index in [0.717, 1.165) is 23.3 Å². The van der Waals surface area contributed by atoms with Gasteiger partial charge in [-0.3, -0.25) is 4.90 Å². The molecule has 32 heavy (non-hydrogen) atoms. The van der Waals surface area contributed by atoms with Crippen molar-refractivity contribution in [2.24, 2.45) is 0 Å². The molecule has 3 aromatic heterocycles. The van der Waals surface area contributed by atoms with Crippen molar-refractivity contribution in [2.75, 3.05) is 6.54 Å². The molecule has 2 atom stereocenters. The van der Waals surface area contributed by atoms with Gasteiger partial charge in [-0.05, 0) is 34.4 Å². The second-order valence-corrected chi connectivity index (χ2v) is 8.78. The highest BCUT2D eigenvalue weighted by atomic mass is 32.1. The highest BCUT2D eigenvalue weighted by Crippen LogP contribution is 2.32. The Balaban J connectivity index is 1.47. The second kappa shape index (κ2) is 8.15. The van der Waals surface area contributed by atoms with Gasteiger partial charge in [0.15, 0.2) is 0 Å². The van der Waals surface area contributed by atoms with E-state index in [1.165, 1.54) is 24.8 Å². The molecular formula is C21H23F2N7OS+2. The Labute approximate surface area is 186 Å². The quantitative estimate of drug-likeness (QED) is 0.382. The number of aromatic nitrogens is 6. The maximum Gasteiger partial charge on any atom is 0.333 e. The number of halogens is 2. The molecule has 0 amide bonds. The van der Waals surface area contributed by atoms with E-state index in [9.17, 15) is 13.9 Å². The van der Waals surface area contributed by atoms with Gasteiger partial charge in [-0.1, -0.05) is 6.07 Å². The first-order valence-corrected chi connectivity index (χ1v) is 11.2. The minimum Gasteiger partial charge on any atom is -0.379 e. The molecule has 166 valence electrons. The normalized spacial score (nSPS) is 17.1. The van der Waals surface area contributed by atoms with Crippen molar-refractivity contribution in [1.29, 1.82) is 0 Å². The van der Waals surface area contributed by atoms with Crippen molar-refractivity contribution < 1.29 is 23.3 Å². The summed E-state index contributed by atoms with van der Waals surface area (Å²) in [5.41, 5.74) is -0.589. The predicted molar refractivity (Wildman–Crippen MR) is 111 cm³/mol. The van der Waals surface area contributed by atoms with E-state index < -0.39 is 23.3 Å². The number of benzene rings is 1. The lowest BCUT2D eigenvalue weighted by Gasteiger charge is -2.40. The number of thiophene rings is 1. The van der Waals surface area contributed by atoms with Gasteiger partial charge in [-0.15, -0.1) is 0 Å². The Morgan fingerprint density at radius 3 is 2.94 bits per heavy atom. The van der Waals surface area contributed by atoms with Crippen LogP contribution in [0.3, 0.4) is 0 Å². The minimum atomic E-state index is -1.65. The highest BCUT2D eigenvalue weighted by Gasteiger charge is 2.45. The van der Waals surface area contributed by atoms with Crippen molar-refractivity contribution in [1.82, 2.24) is 25.1 Å². The molecule has 0 unspecified atom stereocenters. The predicted octanol–water partition coefficient (Wildman–Crippen LogP) is 1.51. The lowest BCUT2D eigenvalue weighted by atomic mass is 9.85. The maximum absolute atomic E-state index is 14.8. The van der Waals surface area contributed by atoms with Crippen LogP contribution in [-0.4, -0.2) is 42.8 Å². The Morgan fingerprint density at radius 2 is 2.22 bits per heavy atom. The van der Waals surface area contributed by atoms with Crippen molar-refractivity contribution in [3.63, 3.8) is 0 Å². The highest BCUT2D eigenvalue weighted by molar-refractivity contribution is 7.08. The fourth-order valence-electron chi connectivity index (χ4n) is 4.25. The molecular weight excluding hydrogens is 436 g/mol. The number of hydrogen-bond acceptors (Lipinski definition) is 5. The molecule has 1 aliphatic heterocycles. The molecule has 0 saturated carbocycles. The van der Waals surface area contributed by atoms with Gasteiger partial charge < -0.3 is 5.11 Å². The first kappa shape index (κ1) is 20.9. The number of nitrogens with zero attached hydrogens (tertiary/aromatic N) is 5. The molecule has 8 nitrogen and oxygen atoms in total. The third-order valence-corrected chi connectivity index (χ3v) is 6.78. The SMILES string of the molecule is C[C@@H](N1CC[n+]2[nH]c(-c3ccsc3)nc2C1)[C@](O)(C[n+]1cnc[nH]1)c1ccc(F)cc1F. The first-order chi connectivity index (χ1) is 15.4. The molecule has 5 rings (SSSR count). The van der Waals surface area contributed by atoms with Crippen molar-refractivity contribution in [3.8, 4) is 11.4 Å². The van der Waals surface area contributed by atoms with E-state index in [2.05, 4.69) is 20.1 Å². The number of aliphatic hydroxyl groups is 1. The van der Waals surface area contributed by atoms with Gasteiger partial charge in [-0.25, -0.2) is 8.78 Å². The van der Waals surface area contributed by atoms with Gasteiger partial charge >= 0.3 is 12.2 Å². The average Bonchev–Trinajstić information content (AvgIpc) is 3.53. The maximum atomic E-state index is 14.8. The lowest BCUT2D eigenvalue weighted by Crippen LogP contribution is -2.61. The largest absolute Gasteiger partial charge is 0.379 e. The van der Waals surface area contributed by atoms with Gasteiger partial charge in [0.1, 0.15) is 36.9 Å². The van der Waals surface area contributed by atoms with Crippen LogP contribution in [0.25, 0.3) is 11.4 Å². The summed E-state index contributed by atoms with van der Waals surface area (Å²) in [6, 6.07) is 4.78. The zero-order valence-corrected chi connectivity index (χ0v) is 18.2. The summed E-state index contributed by atoms with van der Waals surface area (Å²) in [5, 5.41) is 22.1. The summed E-state index contributed by atoms with van der Waals surface area (Å²) in [6.07, 6.45) is 3.00. The molecule has 4 heterocycles. The molecule has 0 bridgehead atoms. The topological polar surface area (TPSA) is 88.6 Å². The van der Waals surface area contributed by atoms with E-state index in [-0.39, 0.29) is 12.1 Å². The molecule has 0 saturated heterocycles. The lowest BCUT2D eigenvalue weighted by molar-refractivity contribution is -0.768. The Morgan fingerprint density at radius 1 is 1.34 bits per heavy atom. The summed E-state index contributed by atoms with van der Waals surface area (Å²) < 4.78 is 32.0. The molecule has 0 radical (unpaired) electrons. The third kappa shape index (κ3) is 3.72. The number of hydrogen-bond donors (Lipinski definition) is 3. The number of nitrogens with one attached hydrogen (secondary N) is 2. The monoisotopic (exact) mass is 459 g/mol. The van der Waals surface area contributed by atoms with E-state index in [0.29, 0.717) is 19.6 Å². The van der Waals surface area contributed by atoms with E-state index >= 15 is 0 Å². The first-order valence-electron chi connectivity index (χ1n) is 10.2. The van der Waals surface area contributed by atoms with E-state index in [1.54, 1.807) is 16.0 Å². The van der Waals surface area contributed by atoms with Crippen LogP contribution >= 0.6 is 11.3 Å². The summed E-state index contributed by atoms with van der Waals surface area (Å²) in [7, 11) is 0. The van der Waals surface area contributed by atoms with Crippen molar-refractivity contribution >= 4 is 11.3 Å². The van der Waals surface area contributed by atoms with E-state index in [4.69, 9.17) is 4.98 Å². The van der Waals surface area contributed by atoms with Gasteiger partial charge in [0.25, 0.3) is 5.82 Å². The summed E-state index contributed by atoms with van der Waals surface area (Å²) in [5.74, 6) is 0.155. The average molecular weight is 460 g/mol. The number of H-pyrrole nitrogens is 2. The van der Waals surface area contributed by atoms with Gasteiger partial charge in [0, 0.05) is 29.6 Å². The van der Waals surface area contributed by atoms with Crippen LogP contribution in [0.15, 0.2) is 47.7 Å². The van der Waals surface area contributed by atoms with Crippen LogP contribution < -0.4 is 9.36 Å². The van der Waals surface area contributed by atoms with Gasteiger partial charge in [-0.2, -0.15) is 30.9 Å². The summed E-state index contributed by atoms with van der Waals surface area (Å²) in [6.45, 7) is 3.62. The van der Waals surface area contributed by atoms with E-state index in [1.807, 2.05) is 28.4 Å². The molecule has 11 heteroatoms. The molecule has 0 aliphatic carbocycles. The van der Waals surface area contributed by atoms with Crippen LogP contribution in [0, 0.1) is 11.6 Å². The van der Waals surface area contributed by atoms with Crippen molar-refractivity contribution in [3.05, 3.63) is 70.7 Å². The fourth-order valence-corrected chi connectivity index (χ4v) is 4.89. The molecule has 0 spiro atoms. The summed E-state index contributed by atoms with van der Waals surface area (Å²) in [4.78, 5) is 10.8. The number of aromatic amines is 2. The van der Waals surface area contributed by atoms with Crippen LogP contribution in [-0.2, 0) is 25.2 Å². The number of rotatable bonds is 6. The smallest absolute Gasteiger partial charge is 0.333 e. The van der Waals surface area contributed by atoms with Crippen LogP contribution in [0.5, 0.6) is 0 Å². The Bertz CT molecular complexity index is 1210. The summed E-state index contributed by atoms with van der Waals surface area (Å²) >= 11 is 1.61. The van der Waals surface area contributed by atoms with Crippen LogP contribution in [0.2, 0.25) is 0 Å². The standard InChI is InChI=1S/C21H21F2N7OS/c1-14(28-5-6-30-19(9-28)26-20(27-30)15-4-7-32-10-15)21(31,11-29-13-24-12-25-29)17-3-2-16(22)8-18(17)23/h2-4,7-8,10,12-14,31H,5-6,9,11H2,1H3/p+2/t14-,21-/m1/s1. The van der Waals surface area contributed by atoms with Crippen LogP contribution in [0.1, 0.15) is 18.3 Å². The molecule has 1 aliphatic rings.